The molecular formula is C32H25ClFN3O5. The fraction of sp³-hybridized carbons (Fsp3) is 0.0938. The first-order valence-electron chi connectivity index (χ1n) is 12.9. The number of methoxy groups -OCH3 is 1. The number of nitrogens with one attached hydrogen (secondary N) is 2. The van der Waals surface area contributed by atoms with Crippen LogP contribution in [0.4, 0.5) is 4.39 Å². The number of nitrogens with zero attached hydrogens (tertiary/aromatic N) is 1. The van der Waals surface area contributed by atoms with Crippen LogP contribution in [0.2, 0.25) is 5.02 Å². The van der Waals surface area contributed by atoms with Crippen LogP contribution in [0.5, 0.6) is 17.2 Å². The summed E-state index contributed by atoms with van der Waals surface area (Å²) in [5.74, 6) is -0.608. The number of H-pyrrole nitrogens is 1. The summed E-state index contributed by atoms with van der Waals surface area (Å²) < 4.78 is 31.0. The zero-order valence-corrected chi connectivity index (χ0v) is 23.4. The molecule has 0 saturated carbocycles. The van der Waals surface area contributed by atoms with Crippen molar-refractivity contribution in [1.82, 2.24) is 10.4 Å². The van der Waals surface area contributed by atoms with Crippen LogP contribution in [0.3, 0.4) is 0 Å². The largest absolute Gasteiger partial charge is 0.497 e. The minimum atomic E-state index is -0.592. The molecule has 0 spiro atoms. The van der Waals surface area contributed by atoms with Crippen LogP contribution in [0.15, 0.2) is 90.0 Å². The first kappa shape index (κ1) is 28.4. The van der Waals surface area contributed by atoms with Crippen molar-refractivity contribution in [3.63, 3.8) is 0 Å². The highest BCUT2D eigenvalue weighted by Crippen LogP contribution is 2.37. The molecule has 4 aromatic carbocycles. The van der Waals surface area contributed by atoms with Gasteiger partial charge in [-0.25, -0.2) is 14.6 Å². The van der Waals surface area contributed by atoms with Crippen molar-refractivity contribution in [1.29, 1.82) is 0 Å². The summed E-state index contributed by atoms with van der Waals surface area (Å²) in [5.41, 5.74) is 4.69. The summed E-state index contributed by atoms with van der Waals surface area (Å²) in [6.07, 6.45) is 1.41. The van der Waals surface area contributed by atoms with E-state index >= 15 is 0 Å². The van der Waals surface area contributed by atoms with Gasteiger partial charge in [0.1, 0.15) is 17.3 Å². The lowest BCUT2D eigenvalue weighted by Crippen LogP contribution is -2.19. The van der Waals surface area contributed by atoms with Crippen molar-refractivity contribution in [3.8, 4) is 28.4 Å². The molecule has 42 heavy (non-hydrogen) atoms. The van der Waals surface area contributed by atoms with E-state index in [1.54, 1.807) is 85.8 Å². The molecule has 5 aromatic rings. The average molecular weight is 586 g/mol. The van der Waals surface area contributed by atoms with E-state index in [1.807, 2.05) is 0 Å². The van der Waals surface area contributed by atoms with Crippen LogP contribution in [-0.2, 0) is 0 Å². The second-order valence-corrected chi connectivity index (χ2v) is 9.38. The highest BCUT2D eigenvalue weighted by Gasteiger charge is 2.22. The van der Waals surface area contributed by atoms with Crippen molar-refractivity contribution in [2.75, 3.05) is 13.7 Å². The highest BCUT2D eigenvalue weighted by atomic mass is 35.5. The molecule has 212 valence electrons. The third-order valence-electron chi connectivity index (χ3n) is 6.31. The van der Waals surface area contributed by atoms with Gasteiger partial charge in [0.05, 0.1) is 31.0 Å². The molecule has 0 radical (unpaired) electrons. The number of carbonyl (C=O) groups excluding carboxylic acids is 2. The Morgan fingerprint density at radius 3 is 2.60 bits per heavy atom. The number of para-hydroxylation sites is 1. The summed E-state index contributed by atoms with van der Waals surface area (Å²) in [6, 6.07) is 23.1. The van der Waals surface area contributed by atoms with Gasteiger partial charge >= 0.3 is 5.97 Å². The van der Waals surface area contributed by atoms with Crippen molar-refractivity contribution in [3.05, 3.63) is 113 Å². The average Bonchev–Trinajstić information content (AvgIpc) is 3.39. The van der Waals surface area contributed by atoms with Gasteiger partial charge in [0, 0.05) is 21.5 Å². The van der Waals surface area contributed by atoms with Crippen LogP contribution >= 0.6 is 11.6 Å². The number of aromatic amines is 1. The molecule has 0 bridgehead atoms. The Labute approximate surface area is 245 Å². The van der Waals surface area contributed by atoms with E-state index in [0.717, 1.165) is 0 Å². The number of hydrazone groups is 1. The smallest absolute Gasteiger partial charge is 0.343 e. The first-order chi connectivity index (χ1) is 20.4. The molecule has 1 amide bonds. The number of ether oxygens (including phenoxy) is 3. The Bertz CT molecular complexity index is 1820. The van der Waals surface area contributed by atoms with Crippen molar-refractivity contribution in [2.45, 2.75) is 6.92 Å². The van der Waals surface area contributed by atoms with Crippen LogP contribution in [-0.4, -0.2) is 36.8 Å². The number of hydrogen-bond acceptors (Lipinski definition) is 6. The molecule has 0 saturated heterocycles. The van der Waals surface area contributed by atoms with E-state index in [2.05, 4.69) is 15.5 Å². The predicted octanol–water partition coefficient (Wildman–Crippen LogP) is 7.02. The lowest BCUT2D eigenvalue weighted by molar-refractivity contribution is 0.0727. The van der Waals surface area contributed by atoms with Crippen molar-refractivity contribution < 1.29 is 28.2 Å². The molecule has 2 N–H and O–H groups in total. The number of rotatable bonds is 9. The topological polar surface area (TPSA) is 102 Å². The third-order valence-corrected chi connectivity index (χ3v) is 6.64. The van der Waals surface area contributed by atoms with Gasteiger partial charge < -0.3 is 19.2 Å². The monoisotopic (exact) mass is 585 g/mol. The second-order valence-electron chi connectivity index (χ2n) is 8.98. The highest BCUT2D eigenvalue weighted by molar-refractivity contribution is 6.34. The minimum Gasteiger partial charge on any atom is -0.497 e. The van der Waals surface area contributed by atoms with E-state index in [9.17, 15) is 14.0 Å². The minimum absolute atomic E-state index is 0.107. The summed E-state index contributed by atoms with van der Waals surface area (Å²) in [7, 11) is 1.51. The van der Waals surface area contributed by atoms with Crippen LogP contribution in [0, 0.1) is 5.82 Å². The number of fused-ring (bicyclic) bond motifs is 1. The number of hydrogen-bond donors (Lipinski definition) is 2. The van der Waals surface area contributed by atoms with E-state index in [0.29, 0.717) is 50.8 Å². The Hall–Kier alpha value is -5.15. The standard InChI is InChI=1S/C32H25ClFN3O5/c1-3-41-27-16-19(14-15-26(27)42-32(39)20-8-6-9-21(17-20)40-2)18-35-37-31(38)30-28(22-10-4-5-12-24(22)33)23-11-7-13-25(34)29(23)36-30/h4-18,36H,3H2,1-2H3,(H,37,38). The molecule has 0 aliphatic rings. The van der Waals surface area contributed by atoms with Gasteiger partial charge in [-0.05, 0) is 61.0 Å². The van der Waals surface area contributed by atoms with Gasteiger partial charge in [-0.2, -0.15) is 5.10 Å². The fourth-order valence-corrected chi connectivity index (χ4v) is 4.61. The zero-order chi connectivity index (χ0) is 29.6. The number of aromatic nitrogens is 1. The number of esters is 1. The first-order valence-corrected chi connectivity index (χ1v) is 13.3. The van der Waals surface area contributed by atoms with Gasteiger partial charge in [0.15, 0.2) is 11.5 Å². The molecule has 0 unspecified atom stereocenters. The van der Waals surface area contributed by atoms with Crippen molar-refractivity contribution in [2.24, 2.45) is 5.10 Å². The van der Waals surface area contributed by atoms with Gasteiger partial charge in [0.25, 0.3) is 5.91 Å². The van der Waals surface area contributed by atoms with Gasteiger partial charge in [-0.15, -0.1) is 0 Å². The van der Waals surface area contributed by atoms with Gasteiger partial charge in [-0.3, -0.25) is 4.79 Å². The molecular weight excluding hydrogens is 561 g/mol. The lowest BCUT2D eigenvalue weighted by Gasteiger charge is -2.11. The quantitative estimate of drug-likeness (QED) is 0.0838. The SMILES string of the molecule is CCOc1cc(C=NNC(=O)c2[nH]c3c(F)cccc3c2-c2ccccc2Cl)ccc1OC(=O)c1cccc(OC)c1. The van der Waals surface area contributed by atoms with E-state index < -0.39 is 17.7 Å². The molecule has 10 heteroatoms. The summed E-state index contributed by atoms with van der Waals surface area (Å²) in [6.45, 7) is 2.12. The molecule has 1 aromatic heterocycles. The molecule has 0 aliphatic carbocycles. The molecule has 0 atom stereocenters. The van der Waals surface area contributed by atoms with Crippen LogP contribution < -0.4 is 19.6 Å². The van der Waals surface area contributed by atoms with E-state index in [1.165, 1.54) is 19.4 Å². The number of amides is 1. The molecule has 8 nitrogen and oxygen atoms in total. The Morgan fingerprint density at radius 2 is 1.81 bits per heavy atom. The summed E-state index contributed by atoms with van der Waals surface area (Å²) in [5, 5.41) is 5.00. The number of carbonyl (C=O) groups is 2. The van der Waals surface area contributed by atoms with Crippen LogP contribution in [0.1, 0.15) is 33.3 Å². The Morgan fingerprint density at radius 1 is 1.00 bits per heavy atom. The second kappa shape index (κ2) is 12.6. The summed E-state index contributed by atoms with van der Waals surface area (Å²) >= 11 is 6.43. The molecule has 0 fully saturated rings. The van der Waals surface area contributed by atoms with Gasteiger partial charge in [0.2, 0.25) is 0 Å². The maximum absolute atomic E-state index is 14.6. The maximum Gasteiger partial charge on any atom is 0.343 e. The Balaban J connectivity index is 1.37. The van der Waals surface area contributed by atoms with E-state index in [-0.39, 0.29) is 17.0 Å². The normalized spacial score (nSPS) is 11.0. The number of halogens is 2. The maximum atomic E-state index is 14.6. The number of benzene rings is 4. The zero-order valence-electron chi connectivity index (χ0n) is 22.6. The lowest BCUT2D eigenvalue weighted by atomic mass is 10.0. The molecule has 1 heterocycles. The van der Waals surface area contributed by atoms with Crippen molar-refractivity contribution >= 4 is 40.6 Å². The predicted molar refractivity (Wildman–Crippen MR) is 159 cm³/mol. The van der Waals surface area contributed by atoms with Crippen LogP contribution in [0.25, 0.3) is 22.0 Å². The molecule has 5 rings (SSSR count). The summed E-state index contributed by atoms with van der Waals surface area (Å²) in [4.78, 5) is 28.8. The Kier molecular flexibility index (Phi) is 8.50. The van der Waals surface area contributed by atoms with E-state index in [4.69, 9.17) is 25.8 Å². The third kappa shape index (κ3) is 5.96. The fourth-order valence-electron chi connectivity index (χ4n) is 4.38. The van der Waals surface area contributed by atoms with Gasteiger partial charge in [-0.1, -0.05) is 48.0 Å². The molecule has 0 aliphatic heterocycles.